The summed E-state index contributed by atoms with van der Waals surface area (Å²) in [5.41, 5.74) is 0.945. The van der Waals surface area contributed by atoms with Crippen molar-refractivity contribution >= 4 is 29.9 Å². The molecular formula is C23H33IN4O3. The van der Waals surface area contributed by atoms with E-state index in [-0.39, 0.29) is 29.7 Å². The topological polar surface area (TPSA) is 69.6 Å². The first kappa shape index (κ1) is 25.1. The summed E-state index contributed by atoms with van der Waals surface area (Å²) in [6.07, 6.45) is 0. The molecule has 8 heteroatoms. The summed E-state index contributed by atoms with van der Waals surface area (Å²) < 4.78 is 10.9. The molecule has 1 heterocycles. The van der Waals surface area contributed by atoms with Crippen LogP contribution in [0.3, 0.4) is 0 Å². The Balaban J connectivity index is 0.00000341. The van der Waals surface area contributed by atoms with Gasteiger partial charge in [0.15, 0.2) is 17.5 Å². The molecule has 2 N–H and O–H groups in total. The van der Waals surface area contributed by atoms with Gasteiger partial charge < -0.3 is 24.8 Å². The molecule has 0 aromatic heterocycles. The zero-order valence-electron chi connectivity index (χ0n) is 18.3. The molecule has 0 saturated carbocycles. The Bertz CT molecular complexity index is 812. The summed E-state index contributed by atoms with van der Waals surface area (Å²) in [7, 11) is 1.55. The maximum atomic E-state index is 9.97. The third-order valence-corrected chi connectivity index (χ3v) is 5.08. The lowest BCUT2D eigenvalue weighted by Crippen LogP contribution is -2.53. The average Bonchev–Trinajstić information content (AvgIpc) is 2.78. The Labute approximate surface area is 202 Å². The third kappa shape index (κ3) is 7.77. The first-order valence-corrected chi connectivity index (χ1v) is 10.5. The van der Waals surface area contributed by atoms with E-state index in [1.807, 2.05) is 36.4 Å². The molecule has 2 aromatic carbocycles. The van der Waals surface area contributed by atoms with Gasteiger partial charge in [0.25, 0.3) is 0 Å². The van der Waals surface area contributed by atoms with Gasteiger partial charge in [-0.1, -0.05) is 24.3 Å². The van der Waals surface area contributed by atoms with Crippen molar-refractivity contribution in [1.29, 1.82) is 0 Å². The second kappa shape index (κ2) is 13.3. The molecule has 0 unspecified atom stereocenters. The molecule has 2 aromatic rings. The zero-order chi connectivity index (χ0) is 21.2. The fourth-order valence-electron chi connectivity index (χ4n) is 3.42. The number of hydrogen-bond acceptors (Lipinski definition) is 5. The molecule has 0 bridgehead atoms. The van der Waals surface area contributed by atoms with Crippen LogP contribution in [-0.2, 0) is 6.54 Å². The number of hydrogen-bond donors (Lipinski definition) is 2. The van der Waals surface area contributed by atoms with Crippen LogP contribution in [0.5, 0.6) is 17.2 Å². The number of methoxy groups -OCH3 is 1. The lowest BCUT2D eigenvalue weighted by atomic mass is 10.2. The van der Waals surface area contributed by atoms with Crippen LogP contribution in [0.15, 0.2) is 53.5 Å². The Morgan fingerprint density at radius 3 is 2.48 bits per heavy atom. The lowest BCUT2D eigenvalue weighted by Gasteiger charge is -2.36. The van der Waals surface area contributed by atoms with Gasteiger partial charge in [-0.15, -0.1) is 24.0 Å². The van der Waals surface area contributed by atoms with E-state index in [2.05, 4.69) is 22.0 Å². The van der Waals surface area contributed by atoms with Gasteiger partial charge in [0.1, 0.15) is 12.4 Å². The van der Waals surface area contributed by atoms with E-state index < -0.39 is 0 Å². The number of halogens is 1. The fourth-order valence-corrected chi connectivity index (χ4v) is 3.42. The molecule has 0 radical (unpaired) electrons. The van der Waals surface area contributed by atoms with Crippen LogP contribution in [0, 0.1) is 0 Å². The lowest BCUT2D eigenvalue weighted by molar-refractivity contribution is 0.152. The van der Waals surface area contributed by atoms with Crippen molar-refractivity contribution in [1.82, 2.24) is 15.1 Å². The maximum absolute atomic E-state index is 9.97. The normalized spacial score (nSPS) is 14.6. The van der Waals surface area contributed by atoms with Crippen molar-refractivity contribution in [2.24, 2.45) is 4.99 Å². The first-order valence-electron chi connectivity index (χ1n) is 10.5. The van der Waals surface area contributed by atoms with E-state index >= 15 is 0 Å². The van der Waals surface area contributed by atoms with Crippen LogP contribution in [0.25, 0.3) is 0 Å². The Kier molecular flexibility index (Phi) is 10.7. The van der Waals surface area contributed by atoms with Crippen molar-refractivity contribution in [2.45, 2.75) is 13.5 Å². The first-order chi connectivity index (χ1) is 14.7. The summed E-state index contributed by atoms with van der Waals surface area (Å²) in [6.45, 7) is 8.81. The van der Waals surface area contributed by atoms with Crippen molar-refractivity contribution < 1.29 is 14.6 Å². The maximum Gasteiger partial charge on any atom is 0.194 e. The highest BCUT2D eigenvalue weighted by molar-refractivity contribution is 14.0. The smallest absolute Gasteiger partial charge is 0.194 e. The number of phenols is 1. The van der Waals surface area contributed by atoms with Crippen LogP contribution >= 0.6 is 24.0 Å². The summed E-state index contributed by atoms with van der Waals surface area (Å²) >= 11 is 0. The molecule has 0 aliphatic carbocycles. The Hall–Kier alpha value is -2.20. The Morgan fingerprint density at radius 2 is 1.84 bits per heavy atom. The Morgan fingerprint density at radius 1 is 1.10 bits per heavy atom. The van der Waals surface area contributed by atoms with Gasteiger partial charge in [-0.2, -0.15) is 0 Å². The van der Waals surface area contributed by atoms with Gasteiger partial charge in [-0.3, -0.25) is 4.90 Å². The molecule has 0 atom stereocenters. The van der Waals surface area contributed by atoms with E-state index in [0.717, 1.165) is 56.5 Å². The number of rotatable bonds is 8. The molecule has 1 aliphatic rings. The number of aromatic hydroxyl groups is 1. The van der Waals surface area contributed by atoms with E-state index in [0.29, 0.717) is 18.9 Å². The van der Waals surface area contributed by atoms with Gasteiger partial charge in [0, 0.05) is 39.3 Å². The molecule has 3 rings (SSSR count). The predicted molar refractivity (Wildman–Crippen MR) is 135 cm³/mol. The highest BCUT2D eigenvalue weighted by Gasteiger charge is 2.19. The molecule has 1 saturated heterocycles. The minimum atomic E-state index is 0. The van der Waals surface area contributed by atoms with Gasteiger partial charge in [0.05, 0.1) is 13.7 Å². The summed E-state index contributed by atoms with van der Waals surface area (Å²) in [4.78, 5) is 9.48. The highest BCUT2D eigenvalue weighted by atomic mass is 127. The highest BCUT2D eigenvalue weighted by Crippen LogP contribution is 2.26. The number of benzene rings is 2. The van der Waals surface area contributed by atoms with Crippen LogP contribution < -0.4 is 14.8 Å². The second-order valence-corrected chi connectivity index (χ2v) is 7.17. The standard InChI is InChI=1S/C23H32N4O3.HI/c1-3-24-23(25-18-19-9-10-22(29-2)21(28)17-19)27-13-11-26(12-14-27)15-16-30-20-7-5-4-6-8-20;/h4-10,17,28H,3,11-16,18H2,1-2H3,(H,24,25);1H. The number of aliphatic imine (C=N–C) groups is 1. The molecule has 7 nitrogen and oxygen atoms in total. The molecule has 170 valence electrons. The van der Waals surface area contributed by atoms with Gasteiger partial charge in [0.2, 0.25) is 0 Å². The van der Waals surface area contributed by atoms with Crippen LogP contribution in [0.1, 0.15) is 12.5 Å². The molecule has 0 spiro atoms. The van der Waals surface area contributed by atoms with Crippen molar-refractivity contribution in [2.75, 3.05) is 53.0 Å². The van der Waals surface area contributed by atoms with E-state index in [1.165, 1.54) is 0 Å². The molecule has 31 heavy (non-hydrogen) atoms. The number of nitrogens with zero attached hydrogens (tertiary/aromatic N) is 3. The number of ether oxygens (including phenoxy) is 2. The number of guanidine groups is 1. The van der Waals surface area contributed by atoms with Gasteiger partial charge in [-0.05, 0) is 36.8 Å². The van der Waals surface area contributed by atoms with Crippen LogP contribution in [0.4, 0.5) is 0 Å². The zero-order valence-corrected chi connectivity index (χ0v) is 20.6. The SMILES string of the molecule is CCNC(=NCc1ccc(OC)c(O)c1)N1CCN(CCOc2ccccc2)CC1.I. The predicted octanol–water partition coefficient (Wildman–Crippen LogP) is 3.18. The van der Waals surface area contributed by atoms with Crippen molar-refractivity contribution in [3.63, 3.8) is 0 Å². The van der Waals surface area contributed by atoms with E-state index in [1.54, 1.807) is 19.2 Å². The summed E-state index contributed by atoms with van der Waals surface area (Å²) in [5.74, 6) is 2.44. The number of piperazine rings is 1. The quantitative estimate of drug-likeness (QED) is 0.305. The number of para-hydroxylation sites is 1. The second-order valence-electron chi connectivity index (χ2n) is 7.17. The third-order valence-electron chi connectivity index (χ3n) is 5.08. The minimum absolute atomic E-state index is 0. The van der Waals surface area contributed by atoms with E-state index in [9.17, 15) is 5.11 Å². The van der Waals surface area contributed by atoms with Crippen molar-refractivity contribution in [3.8, 4) is 17.2 Å². The van der Waals surface area contributed by atoms with Crippen LogP contribution in [-0.4, -0.2) is 73.9 Å². The number of nitrogens with one attached hydrogen (secondary N) is 1. The minimum Gasteiger partial charge on any atom is -0.504 e. The average molecular weight is 540 g/mol. The number of phenolic OH excluding ortho intramolecular Hbond substituents is 1. The largest absolute Gasteiger partial charge is 0.504 e. The van der Waals surface area contributed by atoms with Crippen LogP contribution in [0.2, 0.25) is 0 Å². The summed E-state index contributed by atoms with van der Waals surface area (Å²) in [6, 6.07) is 15.3. The monoisotopic (exact) mass is 540 g/mol. The summed E-state index contributed by atoms with van der Waals surface area (Å²) in [5, 5.41) is 13.4. The van der Waals surface area contributed by atoms with Gasteiger partial charge >= 0.3 is 0 Å². The molecule has 1 aliphatic heterocycles. The molecule has 0 amide bonds. The molecular weight excluding hydrogens is 507 g/mol. The molecule has 1 fully saturated rings. The van der Waals surface area contributed by atoms with E-state index in [4.69, 9.17) is 14.5 Å². The van der Waals surface area contributed by atoms with Gasteiger partial charge in [-0.25, -0.2) is 4.99 Å². The van der Waals surface area contributed by atoms with Crippen molar-refractivity contribution in [3.05, 3.63) is 54.1 Å². The fraction of sp³-hybridized carbons (Fsp3) is 0.435.